The zero-order valence-electron chi connectivity index (χ0n) is 11.6. The van der Waals surface area contributed by atoms with E-state index in [2.05, 4.69) is 6.92 Å². The Bertz CT molecular complexity index is 290. The van der Waals surface area contributed by atoms with Crippen LogP contribution in [0.15, 0.2) is 12.2 Å². The van der Waals surface area contributed by atoms with Gasteiger partial charge in [-0.2, -0.15) is 0 Å². The maximum atomic E-state index is 10.6. The molecule has 0 radical (unpaired) electrons. The number of hydrogen-bond donors (Lipinski definition) is 3. The second-order valence-electron chi connectivity index (χ2n) is 5.46. The van der Waals surface area contributed by atoms with Crippen LogP contribution < -0.4 is 0 Å². The lowest BCUT2D eigenvalue weighted by atomic mass is 9.90. The number of hydrogen-bond acceptors (Lipinski definition) is 4. The Morgan fingerprint density at radius 3 is 2.63 bits per heavy atom. The van der Waals surface area contributed by atoms with Gasteiger partial charge in [0.25, 0.3) is 0 Å². The monoisotopic (exact) mass is 270 g/mol. The Morgan fingerprint density at radius 2 is 2.00 bits per heavy atom. The van der Waals surface area contributed by atoms with Gasteiger partial charge in [0.1, 0.15) is 6.29 Å². The van der Waals surface area contributed by atoms with Crippen LogP contribution in [0.2, 0.25) is 0 Å². The van der Waals surface area contributed by atoms with E-state index in [9.17, 15) is 20.1 Å². The number of carbonyl (C=O) groups is 1. The predicted octanol–water partition coefficient (Wildman–Crippen LogP) is 1.43. The standard InChI is InChI=1S/C15H26O4/c1-2-3-4-5-11(17)6-7-12-13(8-9-16)15(19)10-14(12)18/h6-7,9,11-15,17-19H,2-5,8,10H2,1H3/t11?,12-,13-,14-,15+/m0/s1. The van der Waals surface area contributed by atoms with Crippen molar-refractivity contribution in [2.45, 2.75) is 63.8 Å². The Labute approximate surface area is 115 Å². The van der Waals surface area contributed by atoms with E-state index in [-0.39, 0.29) is 18.3 Å². The van der Waals surface area contributed by atoms with E-state index in [0.29, 0.717) is 12.8 Å². The molecule has 0 amide bonds. The number of aldehydes is 1. The summed E-state index contributed by atoms with van der Waals surface area (Å²) in [4.78, 5) is 10.6. The van der Waals surface area contributed by atoms with Crippen molar-refractivity contribution in [3.8, 4) is 0 Å². The molecule has 1 rings (SSSR count). The maximum absolute atomic E-state index is 10.6. The Balaban J connectivity index is 2.50. The molecular weight excluding hydrogens is 244 g/mol. The lowest BCUT2D eigenvalue weighted by molar-refractivity contribution is -0.109. The molecule has 0 bridgehead atoms. The smallest absolute Gasteiger partial charge is 0.120 e. The Hall–Kier alpha value is -0.710. The van der Waals surface area contributed by atoms with Crippen LogP contribution >= 0.6 is 0 Å². The van der Waals surface area contributed by atoms with Gasteiger partial charge in [0, 0.05) is 24.7 Å². The highest BCUT2D eigenvalue weighted by molar-refractivity contribution is 5.50. The number of carbonyl (C=O) groups excluding carboxylic acids is 1. The highest BCUT2D eigenvalue weighted by Crippen LogP contribution is 2.35. The van der Waals surface area contributed by atoms with Crippen LogP contribution in [0.4, 0.5) is 0 Å². The molecule has 3 N–H and O–H groups in total. The molecule has 0 heterocycles. The molecular formula is C15H26O4. The van der Waals surface area contributed by atoms with Gasteiger partial charge in [-0.1, -0.05) is 38.3 Å². The summed E-state index contributed by atoms with van der Waals surface area (Å²) < 4.78 is 0. The third-order valence-corrected chi connectivity index (χ3v) is 3.94. The summed E-state index contributed by atoms with van der Waals surface area (Å²) in [5.74, 6) is -0.465. The third-order valence-electron chi connectivity index (χ3n) is 3.94. The van der Waals surface area contributed by atoms with Gasteiger partial charge in [-0.15, -0.1) is 0 Å². The molecule has 1 saturated carbocycles. The van der Waals surface area contributed by atoms with Crippen molar-refractivity contribution in [3.63, 3.8) is 0 Å². The first-order valence-electron chi connectivity index (χ1n) is 7.26. The maximum Gasteiger partial charge on any atom is 0.120 e. The molecule has 0 aromatic carbocycles. The SMILES string of the molecule is CCCCCC(O)C=C[C@H]1[C@H](CC=O)[C@H](O)C[C@@H]1O. The minimum absolute atomic E-state index is 0.230. The Morgan fingerprint density at radius 1 is 1.26 bits per heavy atom. The molecule has 4 nitrogen and oxygen atoms in total. The van der Waals surface area contributed by atoms with Gasteiger partial charge >= 0.3 is 0 Å². The quantitative estimate of drug-likeness (QED) is 0.354. The van der Waals surface area contributed by atoms with Gasteiger partial charge in [0.2, 0.25) is 0 Å². The van der Waals surface area contributed by atoms with Gasteiger partial charge < -0.3 is 20.1 Å². The molecule has 0 aromatic rings. The fourth-order valence-electron chi connectivity index (χ4n) is 2.77. The van der Waals surface area contributed by atoms with E-state index in [0.717, 1.165) is 25.5 Å². The average Bonchev–Trinajstić information content (AvgIpc) is 2.63. The summed E-state index contributed by atoms with van der Waals surface area (Å²) in [6.45, 7) is 2.11. The van der Waals surface area contributed by atoms with Gasteiger partial charge in [-0.05, 0) is 6.42 Å². The number of rotatable bonds is 8. The van der Waals surface area contributed by atoms with E-state index in [1.54, 1.807) is 12.2 Å². The lowest BCUT2D eigenvalue weighted by Crippen LogP contribution is -2.21. The molecule has 1 aliphatic rings. The molecule has 1 fully saturated rings. The zero-order valence-corrected chi connectivity index (χ0v) is 11.6. The van der Waals surface area contributed by atoms with Crippen LogP contribution in [0.5, 0.6) is 0 Å². The minimum atomic E-state index is -0.632. The summed E-state index contributed by atoms with van der Waals surface area (Å²) in [7, 11) is 0. The van der Waals surface area contributed by atoms with Crippen molar-refractivity contribution in [1.29, 1.82) is 0 Å². The van der Waals surface area contributed by atoms with Crippen molar-refractivity contribution in [3.05, 3.63) is 12.2 Å². The second kappa shape index (κ2) is 8.46. The number of aliphatic hydroxyl groups is 3. The first-order chi connectivity index (χ1) is 9.10. The molecule has 1 unspecified atom stereocenters. The summed E-state index contributed by atoms with van der Waals surface area (Å²) in [6.07, 6.45) is 6.95. The summed E-state index contributed by atoms with van der Waals surface area (Å²) in [5.41, 5.74) is 0. The van der Waals surface area contributed by atoms with Crippen molar-refractivity contribution in [2.24, 2.45) is 11.8 Å². The molecule has 5 atom stereocenters. The van der Waals surface area contributed by atoms with Crippen LogP contribution in [-0.4, -0.2) is 39.9 Å². The normalized spacial score (nSPS) is 32.8. The molecule has 110 valence electrons. The Kier molecular flexibility index (Phi) is 7.28. The summed E-state index contributed by atoms with van der Waals surface area (Å²) >= 11 is 0. The third kappa shape index (κ3) is 5.05. The average molecular weight is 270 g/mol. The van der Waals surface area contributed by atoms with Crippen molar-refractivity contribution >= 4 is 6.29 Å². The zero-order chi connectivity index (χ0) is 14.3. The van der Waals surface area contributed by atoms with E-state index < -0.39 is 18.3 Å². The van der Waals surface area contributed by atoms with Gasteiger partial charge in [-0.25, -0.2) is 0 Å². The van der Waals surface area contributed by atoms with E-state index in [1.165, 1.54) is 0 Å². The fourth-order valence-corrected chi connectivity index (χ4v) is 2.77. The molecule has 0 saturated heterocycles. The van der Waals surface area contributed by atoms with Crippen molar-refractivity contribution < 1.29 is 20.1 Å². The first kappa shape index (κ1) is 16.3. The second-order valence-corrected chi connectivity index (χ2v) is 5.46. The van der Waals surface area contributed by atoms with Crippen LogP contribution in [0.1, 0.15) is 45.4 Å². The predicted molar refractivity (Wildman–Crippen MR) is 73.6 cm³/mol. The van der Waals surface area contributed by atoms with E-state index >= 15 is 0 Å². The molecule has 1 aliphatic carbocycles. The van der Waals surface area contributed by atoms with E-state index in [1.807, 2.05) is 0 Å². The number of aliphatic hydroxyl groups excluding tert-OH is 3. The van der Waals surface area contributed by atoms with Crippen LogP contribution in [-0.2, 0) is 4.79 Å². The highest BCUT2D eigenvalue weighted by atomic mass is 16.3. The summed E-state index contributed by atoms with van der Waals surface area (Å²) in [6, 6.07) is 0. The van der Waals surface area contributed by atoms with Gasteiger partial charge in [0.15, 0.2) is 0 Å². The summed E-state index contributed by atoms with van der Waals surface area (Å²) in [5, 5.41) is 29.5. The van der Waals surface area contributed by atoms with Gasteiger partial charge in [-0.3, -0.25) is 0 Å². The van der Waals surface area contributed by atoms with Gasteiger partial charge in [0.05, 0.1) is 18.3 Å². The molecule has 0 aromatic heterocycles. The molecule has 0 spiro atoms. The topological polar surface area (TPSA) is 77.8 Å². The van der Waals surface area contributed by atoms with E-state index in [4.69, 9.17) is 0 Å². The molecule has 4 heteroatoms. The molecule has 19 heavy (non-hydrogen) atoms. The lowest BCUT2D eigenvalue weighted by Gasteiger charge is -2.18. The van der Waals surface area contributed by atoms with Crippen LogP contribution in [0, 0.1) is 11.8 Å². The van der Waals surface area contributed by atoms with Crippen LogP contribution in [0.3, 0.4) is 0 Å². The van der Waals surface area contributed by atoms with Crippen molar-refractivity contribution in [1.82, 2.24) is 0 Å². The number of unbranched alkanes of at least 4 members (excludes halogenated alkanes) is 2. The first-order valence-corrected chi connectivity index (χ1v) is 7.26. The van der Waals surface area contributed by atoms with Crippen LogP contribution in [0.25, 0.3) is 0 Å². The van der Waals surface area contributed by atoms with Crippen molar-refractivity contribution in [2.75, 3.05) is 0 Å². The fraction of sp³-hybridized carbons (Fsp3) is 0.800. The molecule has 0 aliphatic heterocycles. The highest BCUT2D eigenvalue weighted by Gasteiger charge is 2.39. The minimum Gasteiger partial charge on any atom is -0.393 e. The largest absolute Gasteiger partial charge is 0.393 e.